The third-order valence-electron chi connectivity index (χ3n) is 5.07. The third-order valence-corrected chi connectivity index (χ3v) is 5.36. The molecule has 2 N–H and O–H groups in total. The van der Waals surface area contributed by atoms with Crippen LogP contribution in [0.2, 0.25) is 5.15 Å². The molecule has 33 heavy (non-hydrogen) atoms. The Kier molecular flexibility index (Phi) is 6.85. The molecule has 2 heterocycles. The number of carbonyl (C=O) groups is 2. The lowest BCUT2D eigenvalue weighted by Gasteiger charge is -2.22. The molecule has 0 atom stereocenters. The van der Waals surface area contributed by atoms with Crippen molar-refractivity contribution in [2.24, 2.45) is 0 Å². The van der Waals surface area contributed by atoms with E-state index < -0.39 is 5.91 Å². The molecule has 0 unspecified atom stereocenters. The number of hydrogen-bond acceptors (Lipinski definition) is 6. The van der Waals surface area contributed by atoms with Crippen molar-refractivity contribution >= 4 is 34.8 Å². The van der Waals surface area contributed by atoms with Crippen molar-refractivity contribution in [2.45, 2.75) is 6.54 Å². The molecule has 1 aliphatic heterocycles. The van der Waals surface area contributed by atoms with Crippen LogP contribution in [-0.4, -0.2) is 41.5 Å². The van der Waals surface area contributed by atoms with E-state index in [4.69, 9.17) is 16.3 Å². The van der Waals surface area contributed by atoms with Gasteiger partial charge in [-0.3, -0.25) is 9.59 Å². The van der Waals surface area contributed by atoms with Gasteiger partial charge < -0.3 is 20.3 Å². The van der Waals surface area contributed by atoms with Crippen LogP contribution in [0.3, 0.4) is 0 Å². The Hall–Kier alpha value is -3.91. The predicted octanol–water partition coefficient (Wildman–Crippen LogP) is 3.70. The maximum Gasteiger partial charge on any atom is 0.267 e. The van der Waals surface area contributed by atoms with Crippen LogP contribution in [0.25, 0.3) is 0 Å². The van der Waals surface area contributed by atoms with Crippen LogP contribution in [0.1, 0.15) is 26.3 Å². The van der Waals surface area contributed by atoms with Gasteiger partial charge in [0.2, 0.25) is 5.88 Å². The van der Waals surface area contributed by atoms with E-state index in [0.29, 0.717) is 30.0 Å². The Morgan fingerprint density at radius 1 is 1.21 bits per heavy atom. The first-order valence-electron chi connectivity index (χ1n) is 10.3. The van der Waals surface area contributed by atoms with Gasteiger partial charge in [0.1, 0.15) is 23.7 Å². The summed E-state index contributed by atoms with van der Waals surface area (Å²) in [5.41, 5.74) is 2.64. The van der Waals surface area contributed by atoms with Gasteiger partial charge in [0.15, 0.2) is 0 Å². The fraction of sp³-hybridized carbons (Fsp3) is 0.167. The van der Waals surface area contributed by atoms with E-state index in [2.05, 4.69) is 27.2 Å². The zero-order valence-electron chi connectivity index (χ0n) is 17.8. The molecule has 2 amide bonds. The van der Waals surface area contributed by atoms with Crippen molar-refractivity contribution in [1.82, 2.24) is 15.3 Å². The number of ether oxygens (including phenoxy) is 1. The van der Waals surface area contributed by atoms with Crippen LogP contribution in [0.15, 0.2) is 67.5 Å². The minimum Gasteiger partial charge on any atom is -0.475 e. The lowest BCUT2D eigenvalue weighted by molar-refractivity contribution is 0.0948. The zero-order chi connectivity index (χ0) is 23.2. The van der Waals surface area contributed by atoms with Crippen molar-refractivity contribution in [3.05, 3.63) is 89.4 Å². The Bertz CT molecular complexity index is 1190. The average Bonchev–Trinajstić information content (AvgIpc) is 3.01. The lowest BCUT2D eigenvalue weighted by atomic mass is 10.1. The molecule has 0 radical (unpaired) electrons. The summed E-state index contributed by atoms with van der Waals surface area (Å²) in [5, 5.41) is 6.12. The van der Waals surface area contributed by atoms with E-state index in [1.165, 1.54) is 11.2 Å². The maximum absolute atomic E-state index is 13.3. The van der Waals surface area contributed by atoms with Crippen LogP contribution < -0.4 is 20.3 Å². The second-order valence-electron chi connectivity index (χ2n) is 7.22. The van der Waals surface area contributed by atoms with Gasteiger partial charge in [0.25, 0.3) is 11.8 Å². The average molecular weight is 464 g/mol. The number of benzene rings is 2. The maximum atomic E-state index is 13.3. The van der Waals surface area contributed by atoms with Gasteiger partial charge in [-0.05, 0) is 23.8 Å². The summed E-state index contributed by atoms with van der Waals surface area (Å²) in [5.74, 6) is -0.518. The number of nitrogens with one attached hydrogen (secondary N) is 2. The number of carbonyl (C=O) groups excluding carboxylic acids is 2. The highest BCUT2D eigenvalue weighted by molar-refractivity contribution is 6.33. The first kappa shape index (κ1) is 22.3. The highest BCUT2D eigenvalue weighted by Crippen LogP contribution is 2.30. The smallest absolute Gasteiger partial charge is 0.267 e. The van der Waals surface area contributed by atoms with Crippen molar-refractivity contribution in [3.63, 3.8) is 0 Å². The van der Waals surface area contributed by atoms with Crippen molar-refractivity contribution in [3.8, 4) is 5.88 Å². The van der Waals surface area contributed by atoms with Gasteiger partial charge in [-0.2, -0.15) is 0 Å². The van der Waals surface area contributed by atoms with Crippen LogP contribution >= 0.6 is 11.6 Å². The number of aromatic nitrogens is 2. The lowest BCUT2D eigenvalue weighted by Crippen LogP contribution is -2.33. The Labute approximate surface area is 196 Å². The number of amides is 2. The van der Waals surface area contributed by atoms with Gasteiger partial charge in [0.05, 0.1) is 12.1 Å². The molecule has 1 aliphatic rings. The second kappa shape index (κ2) is 10.1. The molecule has 3 aromatic rings. The van der Waals surface area contributed by atoms with Crippen LogP contribution in [0.4, 0.5) is 11.4 Å². The van der Waals surface area contributed by atoms with Crippen LogP contribution in [0.5, 0.6) is 5.88 Å². The number of hydrogen-bond donors (Lipinski definition) is 2. The fourth-order valence-corrected chi connectivity index (χ4v) is 3.66. The molecule has 9 heteroatoms. The minimum atomic E-state index is -0.393. The van der Waals surface area contributed by atoms with Crippen LogP contribution in [0, 0.1) is 0 Å². The van der Waals surface area contributed by atoms with Crippen LogP contribution in [-0.2, 0) is 6.54 Å². The highest BCUT2D eigenvalue weighted by Gasteiger charge is 2.29. The van der Waals surface area contributed by atoms with Crippen molar-refractivity contribution < 1.29 is 14.3 Å². The monoisotopic (exact) mass is 463 g/mol. The summed E-state index contributed by atoms with van der Waals surface area (Å²) in [6.45, 7) is 5.05. The summed E-state index contributed by atoms with van der Waals surface area (Å²) in [4.78, 5) is 35.8. The van der Waals surface area contributed by atoms with Gasteiger partial charge in [-0.25, -0.2) is 9.97 Å². The normalized spacial score (nSPS) is 12.9. The van der Waals surface area contributed by atoms with Gasteiger partial charge >= 0.3 is 0 Å². The summed E-state index contributed by atoms with van der Waals surface area (Å²) >= 11 is 6.16. The molecule has 2 aromatic carbocycles. The van der Waals surface area contributed by atoms with Gasteiger partial charge in [-0.15, -0.1) is 6.58 Å². The third kappa shape index (κ3) is 4.96. The SMILES string of the molecule is C=CCNc1ccc(N2CCOc3ncnc(Cl)c3C2=O)cc1C(=O)NCc1ccccc1. The number of anilines is 2. The topological polar surface area (TPSA) is 96.4 Å². The molecule has 0 bridgehead atoms. The summed E-state index contributed by atoms with van der Waals surface area (Å²) in [6.07, 6.45) is 2.95. The summed E-state index contributed by atoms with van der Waals surface area (Å²) in [7, 11) is 0. The standard InChI is InChI=1S/C24H22ClN5O3/c1-2-10-26-19-9-8-17(13-18(19)22(31)27-14-16-6-4-3-5-7-16)30-11-12-33-23-20(24(30)32)21(25)28-15-29-23/h2-9,13,15,26H,1,10-12,14H2,(H,27,31). The first-order chi connectivity index (χ1) is 16.1. The Morgan fingerprint density at radius 2 is 2.03 bits per heavy atom. The van der Waals surface area contributed by atoms with Gasteiger partial charge in [-0.1, -0.05) is 48.0 Å². The van der Waals surface area contributed by atoms with E-state index in [0.717, 1.165) is 5.56 Å². The van der Waals surface area contributed by atoms with Gasteiger partial charge in [0, 0.05) is 24.5 Å². The van der Waals surface area contributed by atoms with E-state index >= 15 is 0 Å². The van der Waals surface area contributed by atoms with Crippen molar-refractivity contribution in [2.75, 3.05) is 29.9 Å². The summed E-state index contributed by atoms with van der Waals surface area (Å²) in [6, 6.07) is 14.8. The van der Waals surface area contributed by atoms with E-state index in [1.54, 1.807) is 24.3 Å². The molecular weight excluding hydrogens is 442 g/mol. The molecule has 0 saturated carbocycles. The zero-order valence-corrected chi connectivity index (χ0v) is 18.5. The van der Waals surface area contributed by atoms with E-state index in [1.807, 2.05) is 30.3 Å². The summed E-state index contributed by atoms with van der Waals surface area (Å²) < 4.78 is 5.59. The molecule has 0 saturated heterocycles. The minimum absolute atomic E-state index is 0.0157. The second-order valence-corrected chi connectivity index (χ2v) is 7.58. The van der Waals surface area contributed by atoms with E-state index in [-0.39, 0.29) is 35.7 Å². The Morgan fingerprint density at radius 3 is 2.82 bits per heavy atom. The predicted molar refractivity (Wildman–Crippen MR) is 127 cm³/mol. The first-order valence-corrected chi connectivity index (χ1v) is 10.7. The quantitative estimate of drug-likeness (QED) is 0.409. The highest BCUT2D eigenvalue weighted by atomic mass is 35.5. The van der Waals surface area contributed by atoms with E-state index in [9.17, 15) is 9.59 Å². The molecule has 4 rings (SSSR count). The molecule has 0 fully saturated rings. The molecule has 168 valence electrons. The molecule has 0 spiro atoms. The molecular formula is C24H22ClN5O3. The number of rotatable bonds is 7. The fourth-order valence-electron chi connectivity index (χ4n) is 3.45. The molecule has 0 aliphatic carbocycles. The number of fused-ring (bicyclic) bond motifs is 1. The van der Waals surface area contributed by atoms with Crippen molar-refractivity contribution in [1.29, 1.82) is 0 Å². The molecule has 1 aromatic heterocycles. The largest absolute Gasteiger partial charge is 0.475 e. The Balaban J connectivity index is 1.65. The number of nitrogens with zero attached hydrogens (tertiary/aromatic N) is 3. The number of halogens is 1. The molecule has 8 nitrogen and oxygen atoms in total.